The Hall–Kier alpha value is -2.62. The SMILES string of the molecule is COCC(C)(C=O)C(c1ccc(C)c(COCc2ccc(OC)cc2)c1)c1cc(F)c(C2(C)OCCO2)s1. The number of thiophene rings is 1. The monoisotopic (exact) mass is 542 g/mol. The number of carbonyl (C=O) groups is 1. The normalized spacial score (nSPS) is 17.2. The van der Waals surface area contributed by atoms with Crippen molar-refractivity contribution in [2.45, 2.75) is 45.7 Å². The molecule has 2 unspecified atom stereocenters. The van der Waals surface area contributed by atoms with Crippen molar-refractivity contribution in [2.24, 2.45) is 5.41 Å². The third-order valence-corrected chi connectivity index (χ3v) is 8.38. The fourth-order valence-electron chi connectivity index (χ4n) is 4.88. The summed E-state index contributed by atoms with van der Waals surface area (Å²) in [4.78, 5) is 13.6. The molecule has 204 valence electrons. The van der Waals surface area contributed by atoms with Crippen LogP contribution in [-0.2, 0) is 42.7 Å². The van der Waals surface area contributed by atoms with Gasteiger partial charge in [0.2, 0.25) is 5.79 Å². The average molecular weight is 543 g/mol. The van der Waals surface area contributed by atoms with Gasteiger partial charge in [-0.05, 0) is 61.2 Å². The minimum absolute atomic E-state index is 0.178. The number of hydrogen-bond acceptors (Lipinski definition) is 7. The van der Waals surface area contributed by atoms with E-state index in [2.05, 4.69) is 0 Å². The van der Waals surface area contributed by atoms with Gasteiger partial charge in [0, 0.05) is 17.9 Å². The maximum Gasteiger partial charge on any atom is 0.204 e. The van der Waals surface area contributed by atoms with Gasteiger partial charge >= 0.3 is 0 Å². The molecule has 1 aliphatic rings. The molecule has 0 spiro atoms. The molecule has 1 aliphatic heterocycles. The number of rotatable bonds is 12. The third kappa shape index (κ3) is 6.00. The van der Waals surface area contributed by atoms with E-state index in [9.17, 15) is 4.79 Å². The van der Waals surface area contributed by atoms with Crippen LogP contribution in [0.2, 0.25) is 0 Å². The Balaban J connectivity index is 1.65. The Morgan fingerprint density at radius 2 is 1.82 bits per heavy atom. The second-order valence-corrected chi connectivity index (χ2v) is 11.1. The second-order valence-electron chi connectivity index (χ2n) is 9.98. The predicted molar refractivity (Wildman–Crippen MR) is 144 cm³/mol. The smallest absolute Gasteiger partial charge is 0.204 e. The number of ether oxygens (including phenoxy) is 5. The van der Waals surface area contributed by atoms with Crippen LogP contribution in [0, 0.1) is 18.2 Å². The minimum atomic E-state index is -1.13. The van der Waals surface area contributed by atoms with Crippen molar-refractivity contribution in [3.05, 3.63) is 86.4 Å². The first-order valence-electron chi connectivity index (χ1n) is 12.6. The topological polar surface area (TPSA) is 63.2 Å². The summed E-state index contributed by atoms with van der Waals surface area (Å²) in [5.41, 5.74) is 3.06. The lowest BCUT2D eigenvalue weighted by atomic mass is 9.73. The molecule has 1 fully saturated rings. The zero-order chi connectivity index (χ0) is 27.3. The van der Waals surface area contributed by atoms with Gasteiger partial charge in [0.25, 0.3) is 0 Å². The van der Waals surface area contributed by atoms with Crippen LogP contribution in [0.4, 0.5) is 4.39 Å². The molecule has 3 aromatic rings. The lowest BCUT2D eigenvalue weighted by molar-refractivity contribution is -0.148. The van der Waals surface area contributed by atoms with Crippen LogP contribution < -0.4 is 4.74 Å². The van der Waals surface area contributed by atoms with E-state index < -0.39 is 22.9 Å². The van der Waals surface area contributed by atoms with Crippen molar-refractivity contribution in [3.8, 4) is 5.75 Å². The number of benzene rings is 2. The lowest BCUT2D eigenvalue weighted by Crippen LogP contribution is -2.32. The molecule has 0 radical (unpaired) electrons. The van der Waals surface area contributed by atoms with Gasteiger partial charge in [-0.15, -0.1) is 11.3 Å². The molecule has 4 rings (SSSR count). The Morgan fingerprint density at radius 1 is 1.11 bits per heavy atom. The predicted octanol–water partition coefficient (Wildman–Crippen LogP) is 6.12. The molecule has 38 heavy (non-hydrogen) atoms. The first-order chi connectivity index (χ1) is 18.2. The highest BCUT2D eigenvalue weighted by molar-refractivity contribution is 7.12. The summed E-state index contributed by atoms with van der Waals surface area (Å²) < 4.78 is 43.4. The molecule has 1 aromatic heterocycles. The minimum Gasteiger partial charge on any atom is -0.497 e. The highest BCUT2D eigenvalue weighted by Crippen LogP contribution is 2.47. The molecule has 1 saturated heterocycles. The van der Waals surface area contributed by atoms with Crippen molar-refractivity contribution in [2.75, 3.05) is 34.0 Å². The molecular formula is C30H35FO6S. The van der Waals surface area contributed by atoms with Crippen molar-refractivity contribution in [1.29, 1.82) is 0 Å². The van der Waals surface area contributed by atoms with Crippen LogP contribution in [0.1, 0.15) is 51.8 Å². The van der Waals surface area contributed by atoms with E-state index in [1.54, 1.807) is 21.1 Å². The zero-order valence-corrected chi connectivity index (χ0v) is 23.4. The summed E-state index contributed by atoms with van der Waals surface area (Å²) in [7, 11) is 3.20. The second kappa shape index (κ2) is 12.1. The van der Waals surface area contributed by atoms with E-state index in [-0.39, 0.29) is 6.61 Å². The molecule has 0 amide bonds. The van der Waals surface area contributed by atoms with Gasteiger partial charge in [0.1, 0.15) is 17.9 Å². The van der Waals surface area contributed by atoms with Gasteiger partial charge < -0.3 is 28.5 Å². The number of aryl methyl sites for hydroxylation is 1. The van der Waals surface area contributed by atoms with Crippen LogP contribution in [0.5, 0.6) is 5.75 Å². The van der Waals surface area contributed by atoms with Crippen LogP contribution in [0.25, 0.3) is 0 Å². The Morgan fingerprint density at radius 3 is 2.45 bits per heavy atom. The van der Waals surface area contributed by atoms with Crippen molar-refractivity contribution >= 4 is 17.6 Å². The van der Waals surface area contributed by atoms with Crippen LogP contribution in [0.15, 0.2) is 48.5 Å². The van der Waals surface area contributed by atoms with Gasteiger partial charge in [-0.2, -0.15) is 0 Å². The first kappa shape index (κ1) is 28.4. The third-order valence-electron chi connectivity index (χ3n) is 7.02. The molecule has 0 bridgehead atoms. The fourth-order valence-corrected chi connectivity index (χ4v) is 6.26. The van der Waals surface area contributed by atoms with Gasteiger partial charge in [0.15, 0.2) is 0 Å². The van der Waals surface area contributed by atoms with Gasteiger partial charge in [-0.25, -0.2) is 4.39 Å². The number of methoxy groups -OCH3 is 2. The van der Waals surface area contributed by atoms with Gasteiger partial charge in [0.05, 0.1) is 50.4 Å². The molecule has 0 aliphatic carbocycles. The maximum absolute atomic E-state index is 15.3. The first-order valence-corrected chi connectivity index (χ1v) is 13.4. The Kier molecular flexibility index (Phi) is 9.00. The molecule has 2 atom stereocenters. The molecule has 2 heterocycles. The molecular weight excluding hydrogens is 507 g/mol. The summed E-state index contributed by atoms with van der Waals surface area (Å²) >= 11 is 1.27. The highest BCUT2D eigenvalue weighted by atomic mass is 32.1. The highest BCUT2D eigenvalue weighted by Gasteiger charge is 2.42. The van der Waals surface area contributed by atoms with E-state index in [0.717, 1.165) is 34.3 Å². The molecule has 0 saturated carbocycles. The molecule has 2 aromatic carbocycles. The average Bonchev–Trinajstić information content (AvgIpc) is 3.52. The van der Waals surface area contributed by atoms with Crippen LogP contribution in [0.3, 0.4) is 0 Å². The summed E-state index contributed by atoms with van der Waals surface area (Å²) in [6, 6.07) is 15.3. The van der Waals surface area contributed by atoms with Crippen LogP contribution in [-0.4, -0.2) is 40.3 Å². The number of aldehydes is 1. The van der Waals surface area contributed by atoms with E-state index in [1.807, 2.05) is 56.3 Å². The fraction of sp³-hybridized carbons (Fsp3) is 0.433. The van der Waals surface area contributed by atoms with Crippen molar-refractivity contribution in [3.63, 3.8) is 0 Å². The molecule has 0 N–H and O–H groups in total. The van der Waals surface area contributed by atoms with Crippen molar-refractivity contribution < 1.29 is 32.9 Å². The zero-order valence-electron chi connectivity index (χ0n) is 22.5. The number of carbonyl (C=O) groups excluding carboxylic acids is 1. The quantitative estimate of drug-likeness (QED) is 0.257. The van der Waals surface area contributed by atoms with E-state index in [0.29, 0.717) is 36.2 Å². The van der Waals surface area contributed by atoms with Gasteiger partial charge in [-0.3, -0.25) is 0 Å². The number of hydrogen-bond donors (Lipinski definition) is 0. The standard InChI is InChI=1S/C30H35FO6S/c1-20-6-9-22(14-23(20)17-35-16-21-7-10-24(34-5)11-8-21)27(29(2,18-32)19-33-4)26-15-25(31)28(38-26)30(3)36-12-13-37-30/h6-11,14-15,18,27H,12-13,16-17,19H2,1-5H3. The lowest BCUT2D eigenvalue weighted by Gasteiger charge is -2.32. The summed E-state index contributed by atoms with van der Waals surface area (Å²) in [6.45, 7) is 7.42. The molecule has 6 nitrogen and oxygen atoms in total. The van der Waals surface area contributed by atoms with Crippen LogP contribution >= 0.6 is 11.3 Å². The maximum atomic E-state index is 15.3. The molecule has 8 heteroatoms. The van der Waals surface area contributed by atoms with Gasteiger partial charge in [-0.1, -0.05) is 30.3 Å². The summed E-state index contributed by atoms with van der Waals surface area (Å²) in [6.07, 6.45) is 0.905. The Bertz CT molecular complexity index is 1230. The summed E-state index contributed by atoms with van der Waals surface area (Å²) in [5.74, 6) is -1.19. The van der Waals surface area contributed by atoms with E-state index in [4.69, 9.17) is 23.7 Å². The van der Waals surface area contributed by atoms with E-state index >= 15 is 4.39 Å². The largest absolute Gasteiger partial charge is 0.497 e. The number of halogens is 1. The van der Waals surface area contributed by atoms with Crippen molar-refractivity contribution in [1.82, 2.24) is 0 Å². The summed E-state index contributed by atoms with van der Waals surface area (Å²) in [5, 5.41) is 0. The Labute approximate surface area is 227 Å². The van der Waals surface area contributed by atoms with E-state index in [1.165, 1.54) is 17.4 Å².